The molecule has 0 aliphatic carbocycles. The third kappa shape index (κ3) is 3.46. The van der Waals surface area contributed by atoms with Gasteiger partial charge in [0.1, 0.15) is 5.82 Å². The zero-order valence-corrected chi connectivity index (χ0v) is 11.3. The quantitative estimate of drug-likeness (QED) is 0.854. The van der Waals surface area contributed by atoms with Gasteiger partial charge in [-0.2, -0.15) is 0 Å². The summed E-state index contributed by atoms with van der Waals surface area (Å²) in [5.74, 6) is -3.54. The highest BCUT2D eigenvalue weighted by molar-refractivity contribution is 6.30. The number of amides is 1. The van der Waals surface area contributed by atoms with Gasteiger partial charge in [0.05, 0.1) is 10.6 Å². The van der Waals surface area contributed by atoms with Crippen molar-refractivity contribution in [2.24, 2.45) is 0 Å². The van der Waals surface area contributed by atoms with Crippen LogP contribution >= 0.6 is 11.6 Å². The molecular weight excluding hydrogens is 305 g/mol. The summed E-state index contributed by atoms with van der Waals surface area (Å²) in [6.07, 6.45) is 0. The standard InChI is InChI=1S/C14H10ClF3N2O/c15-9-3-7(1-2-10(9)16)6-20-14(21)8-4-11(17)12(18)5-13(8)19/h1-5H,6,19H2,(H,20,21). The summed E-state index contributed by atoms with van der Waals surface area (Å²) in [6, 6.07) is 5.41. The molecule has 21 heavy (non-hydrogen) atoms. The second-order valence-electron chi connectivity index (χ2n) is 4.28. The zero-order valence-electron chi connectivity index (χ0n) is 10.6. The molecule has 2 aromatic rings. The van der Waals surface area contributed by atoms with Crippen LogP contribution in [0.4, 0.5) is 18.9 Å². The molecule has 3 N–H and O–H groups in total. The van der Waals surface area contributed by atoms with E-state index in [2.05, 4.69) is 5.32 Å². The molecule has 0 bridgehead atoms. The second kappa shape index (κ2) is 6.05. The second-order valence-corrected chi connectivity index (χ2v) is 4.69. The molecule has 3 nitrogen and oxygen atoms in total. The minimum absolute atomic E-state index is 0.0390. The smallest absolute Gasteiger partial charge is 0.253 e. The van der Waals surface area contributed by atoms with E-state index in [4.69, 9.17) is 17.3 Å². The minimum Gasteiger partial charge on any atom is -0.398 e. The first kappa shape index (κ1) is 15.2. The van der Waals surface area contributed by atoms with E-state index in [1.54, 1.807) is 0 Å². The lowest BCUT2D eigenvalue weighted by atomic mass is 10.1. The van der Waals surface area contributed by atoms with Crippen molar-refractivity contribution in [1.29, 1.82) is 0 Å². The van der Waals surface area contributed by atoms with E-state index < -0.39 is 23.4 Å². The number of rotatable bonds is 3. The van der Waals surface area contributed by atoms with E-state index >= 15 is 0 Å². The predicted molar refractivity (Wildman–Crippen MR) is 73.4 cm³/mol. The van der Waals surface area contributed by atoms with Crippen molar-refractivity contribution >= 4 is 23.2 Å². The summed E-state index contributed by atoms with van der Waals surface area (Å²) in [7, 11) is 0. The minimum atomic E-state index is -1.17. The third-order valence-corrected chi connectivity index (χ3v) is 3.06. The summed E-state index contributed by atoms with van der Waals surface area (Å²) in [5.41, 5.74) is 5.66. The molecule has 0 saturated heterocycles. The van der Waals surface area contributed by atoms with Crippen LogP contribution in [0.15, 0.2) is 30.3 Å². The van der Waals surface area contributed by atoms with Gasteiger partial charge in [0.25, 0.3) is 5.91 Å². The largest absolute Gasteiger partial charge is 0.398 e. The number of nitrogens with two attached hydrogens (primary N) is 1. The summed E-state index contributed by atoms with van der Waals surface area (Å²) < 4.78 is 39.0. The maximum atomic E-state index is 13.1. The first-order chi connectivity index (χ1) is 9.88. The molecule has 7 heteroatoms. The van der Waals surface area contributed by atoms with E-state index in [1.807, 2.05) is 0 Å². The number of hydrogen-bond acceptors (Lipinski definition) is 2. The fraction of sp³-hybridized carbons (Fsp3) is 0.0714. The maximum absolute atomic E-state index is 13.1. The predicted octanol–water partition coefficient (Wildman–Crippen LogP) is 3.27. The molecule has 0 aliphatic heterocycles. The molecule has 0 spiro atoms. The molecule has 0 aromatic heterocycles. The van der Waals surface area contributed by atoms with Crippen molar-refractivity contribution in [2.45, 2.75) is 6.54 Å². The van der Waals surface area contributed by atoms with Crippen molar-refractivity contribution in [3.05, 3.63) is 63.9 Å². The first-order valence-electron chi connectivity index (χ1n) is 5.85. The third-order valence-electron chi connectivity index (χ3n) is 2.77. The molecule has 110 valence electrons. The zero-order chi connectivity index (χ0) is 15.6. The van der Waals surface area contributed by atoms with E-state index in [1.165, 1.54) is 12.1 Å². The van der Waals surface area contributed by atoms with Gasteiger partial charge in [-0.3, -0.25) is 4.79 Å². The molecule has 0 aliphatic rings. The van der Waals surface area contributed by atoms with Crippen LogP contribution in [0.1, 0.15) is 15.9 Å². The summed E-state index contributed by atoms with van der Waals surface area (Å²) in [6.45, 7) is 0.0390. The number of nitrogens with one attached hydrogen (secondary N) is 1. The Morgan fingerprint density at radius 2 is 1.76 bits per heavy atom. The van der Waals surface area contributed by atoms with Crippen LogP contribution in [0.3, 0.4) is 0 Å². The highest BCUT2D eigenvalue weighted by Gasteiger charge is 2.14. The Balaban J connectivity index is 2.11. The molecule has 1 amide bonds. The normalized spacial score (nSPS) is 10.5. The highest BCUT2D eigenvalue weighted by atomic mass is 35.5. The first-order valence-corrected chi connectivity index (χ1v) is 6.23. The van der Waals surface area contributed by atoms with Crippen molar-refractivity contribution in [3.8, 4) is 0 Å². The van der Waals surface area contributed by atoms with Gasteiger partial charge < -0.3 is 11.1 Å². The molecule has 0 heterocycles. The Hall–Kier alpha value is -2.21. The molecule has 0 unspecified atom stereocenters. The van der Waals surface area contributed by atoms with Gasteiger partial charge in [-0.05, 0) is 23.8 Å². The Bertz CT molecular complexity index is 707. The average Bonchev–Trinajstić information content (AvgIpc) is 2.44. The van der Waals surface area contributed by atoms with Gasteiger partial charge >= 0.3 is 0 Å². The number of benzene rings is 2. The number of nitrogen functional groups attached to an aromatic ring is 1. The van der Waals surface area contributed by atoms with Crippen LogP contribution < -0.4 is 11.1 Å². The molecule has 0 radical (unpaired) electrons. The maximum Gasteiger partial charge on any atom is 0.253 e. The van der Waals surface area contributed by atoms with Crippen molar-refractivity contribution in [2.75, 3.05) is 5.73 Å². The Labute approximate surface area is 123 Å². The van der Waals surface area contributed by atoms with E-state index in [0.29, 0.717) is 5.56 Å². The lowest BCUT2D eigenvalue weighted by Crippen LogP contribution is -2.24. The van der Waals surface area contributed by atoms with E-state index in [0.717, 1.165) is 18.2 Å². The summed E-state index contributed by atoms with van der Waals surface area (Å²) in [4.78, 5) is 11.9. The Morgan fingerprint density at radius 1 is 1.10 bits per heavy atom. The molecule has 2 rings (SSSR count). The number of anilines is 1. The van der Waals surface area contributed by atoms with E-state index in [9.17, 15) is 18.0 Å². The Morgan fingerprint density at radius 3 is 2.43 bits per heavy atom. The van der Waals surface area contributed by atoms with Gasteiger partial charge in [0.15, 0.2) is 11.6 Å². The Kier molecular flexibility index (Phi) is 4.37. The number of hydrogen-bond donors (Lipinski definition) is 2. The van der Waals surface area contributed by atoms with Crippen LogP contribution in [-0.2, 0) is 6.54 Å². The fourth-order valence-electron chi connectivity index (χ4n) is 1.69. The monoisotopic (exact) mass is 314 g/mol. The molecule has 0 saturated carbocycles. The number of carbonyl (C=O) groups is 1. The molecule has 0 fully saturated rings. The molecule has 2 aromatic carbocycles. The van der Waals surface area contributed by atoms with Crippen LogP contribution in [-0.4, -0.2) is 5.91 Å². The summed E-state index contributed by atoms with van der Waals surface area (Å²) >= 11 is 5.61. The summed E-state index contributed by atoms with van der Waals surface area (Å²) in [5, 5.41) is 2.39. The molecular formula is C14H10ClF3N2O. The fourth-order valence-corrected chi connectivity index (χ4v) is 1.89. The lowest BCUT2D eigenvalue weighted by Gasteiger charge is -2.08. The SMILES string of the molecule is Nc1cc(F)c(F)cc1C(=O)NCc1ccc(F)c(Cl)c1. The van der Waals surface area contributed by atoms with Gasteiger partial charge in [0.2, 0.25) is 0 Å². The van der Waals surface area contributed by atoms with E-state index in [-0.39, 0.29) is 22.8 Å². The topological polar surface area (TPSA) is 55.1 Å². The highest BCUT2D eigenvalue weighted by Crippen LogP contribution is 2.18. The van der Waals surface area contributed by atoms with Crippen molar-refractivity contribution < 1.29 is 18.0 Å². The van der Waals surface area contributed by atoms with Crippen molar-refractivity contribution in [3.63, 3.8) is 0 Å². The van der Waals surface area contributed by atoms with Crippen molar-refractivity contribution in [1.82, 2.24) is 5.32 Å². The van der Waals surface area contributed by atoms with Crippen LogP contribution in [0.2, 0.25) is 5.02 Å². The van der Waals surface area contributed by atoms with Gasteiger partial charge in [-0.15, -0.1) is 0 Å². The van der Waals surface area contributed by atoms with Crippen LogP contribution in [0.25, 0.3) is 0 Å². The number of halogens is 4. The lowest BCUT2D eigenvalue weighted by molar-refractivity contribution is 0.0951. The number of carbonyl (C=O) groups excluding carboxylic acids is 1. The average molecular weight is 315 g/mol. The van der Waals surface area contributed by atoms with Gasteiger partial charge in [-0.25, -0.2) is 13.2 Å². The van der Waals surface area contributed by atoms with Gasteiger partial charge in [0, 0.05) is 18.3 Å². The van der Waals surface area contributed by atoms with Gasteiger partial charge in [-0.1, -0.05) is 17.7 Å². The van der Waals surface area contributed by atoms with Crippen LogP contribution in [0.5, 0.6) is 0 Å². The van der Waals surface area contributed by atoms with Crippen LogP contribution in [0, 0.1) is 17.5 Å². The molecule has 0 atom stereocenters.